The molecule has 2 heterocycles. The number of nitrogens with zero attached hydrogens (tertiary/aromatic N) is 1. The average Bonchev–Trinajstić information content (AvgIpc) is 2.40. The van der Waals surface area contributed by atoms with E-state index in [0.717, 1.165) is 37.0 Å². The monoisotopic (exact) mass is 245 g/mol. The van der Waals surface area contributed by atoms with Crippen molar-refractivity contribution in [2.45, 2.75) is 18.9 Å². The van der Waals surface area contributed by atoms with Gasteiger partial charge in [-0.2, -0.15) is 4.39 Å². The highest BCUT2D eigenvalue weighted by Crippen LogP contribution is 2.20. The third-order valence-electron chi connectivity index (χ3n) is 3.37. The van der Waals surface area contributed by atoms with Gasteiger partial charge in [0.15, 0.2) is 0 Å². The minimum atomic E-state index is -0.429. The fraction of sp³-hybridized carbons (Fsp3) is 0.357. The zero-order valence-electron chi connectivity index (χ0n) is 10.1. The molecule has 18 heavy (non-hydrogen) atoms. The van der Waals surface area contributed by atoms with Crippen LogP contribution in [0.4, 0.5) is 10.1 Å². The van der Waals surface area contributed by atoms with E-state index in [4.69, 9.17) is 0 Å². The first-order chi connectivity index (χ1) is 8.81. The van der Waals surface area contributed by atoms with Crippen molar-refractivity contribution in [3.8, 4) is 0 Å². The van der Waals surface area contributed by atoms with E-state index < -0.39 is 5.95 Å². The van der Waals surface area contributed by atoms with Crippen LogP contribution < -0.4 is 10.6 Å². The summed E-state index contributed by atoms with van der Waals surface area (Å²) in [5.41, 5.74) is 1.79. The average molecular weight is 245 g/mol. The van der Waals surface area contributed by atoms with Gasteiger partial charge >= 0.3 is 0 Å². The Morgan fingerprint density at radius 1 is 1.17 bits per heavy atom. The molecule has 4 heteroatoms. The van der Waals surface area contributed by atoms with Crippen LogP contribution in [0.5, 0.6) is 0 Å². The first-order valence-electron chi connectivity index (χ1n) is 6.35. The van der Waals surface area contributed by atoms with Gasteiger partial charge in [-0.3, -0.25) is 0 Å². The lowest BCUT2D eigenvalue weighted by molar-refractivity contribution is 0.479. The number of hydrogen-bond acceptors (Lipinski definition) is 3. The van der Waals surface area contributed by atoms with E-state index >= 15 is 0 Å². The lowest BCUT2D eigenvalue weighted by Crippen LogP contribution is -2.35. The van der Waals surface area contributed by atoms with E-state index in [2.05, 4.69) is 15.6 Å². The summed E-state index contributed by atoms with van der Waals surface area (Å²) in [6.45, 7) is 2.13. The Hall–Kier alpha value is -1.68. The number of aromatic nitrogens is 1. The van der Waals surface area contributed by atoms with Crippen molar-refractivity contribution in [1.29, 1.82) is 0 Å². The number of fused-ring (bicyclic) bond motifs is 1. The van der Waals surface area contributed by atoms with Gasteiger partial charge in [-0.1, -0.05) is 0 Å². The molecular formula is C14H16FN3. The van der Waals surface area contributed by atoms with Crippen molar-refractivity contribution in [3.63, 3.8) is 0 Å². The number of rotatable bonds is 2. The highest BCUT2D eigenvalue weighted by molar-refractivity contribution is 5.82. The molecule has 0 unspecified atom stereocenters. The SMILES string of the molecule is Fc1ccc2cc(NC3CCNCC3)ccc2n1. The highest BCUT2D eigenvalue weighted by atomic mass is 19.1. The topological polar surface area (TPSA) is 37.0 Å². The molecule has 3 rings (SSSR count). The van der Waals surface area contributed by atoms with E-state index in [1.54, 1.807) is 6.07 Å². The zero-order chi connectivity index (χ0) is 12.4. The van der Waals surface area contributed by atoms with E-state index in [1.807, 2.05) is 18.2 Å². The van der Waals surface area contributed by atoms with E-state index in [0.29, 0.717) is 11.6 Å². The molecule has 2 N–H and O–H groups in total. The normalized spacial score (nSPS) is 16.9. The van der Waals surface area contributed by atoms with Gasteiger partial charge in [0.05, 0.1) is 5.52 Å². The van der Waals surface area contributed by atoms with Crippen LogP contribution in [-0.2, 0) is 0 Å². The molecule has 3 nitrogen and oxygen atoms in total. The van der Waals surface area contributed by atoms with Crippen LogP contribution >= 0.6 is 0 Å². The Morgan fingerprint density at radius 2 is 2.00 bits per heavy atom. The standard InChI is InChI=1S/C14H16FN3/c15-14-4-1-10-9-12(2-3-13(10)18-14)17-11-5-7-16-8-6-11/h1-4,9,11,16-17H,5-8H2. The van der Waals surface area contributed by atoms with Gasteiger partial charge < -0.3 is 10.6 Å². The molecule has 94 valence electrons. The molecule has 0 atom stereocenters. The molecule has 1 aliphatic rings. The zero-order valence-corrected chi connectivity index (χ0v) is 10.1. The molecule has 0 aliphatic carbocycles. The maximum absolute atomic E-state index is 13.0. The van der Waals surface area contributed by atoms with Gasteiger partial charge in [-0.15, -0.1) is 0 Å². The van der Waals surface area contributed by atoms with Gasteiger partial charge in [0.25, 0.3) is 0 Å². The van der Waals surface area contributed by atoms with Crippen molar-refractivity contribution in [1.82, 2.24) is 10.3 Å². The fourth-order valence-corrected chi connectivity index (χ4v) is 2.39. The number of piperidine rings is 1. The first-order valence-corrected chi connectivity index (χ1v) is 6.35. The second kappa shape index (κ2) is 4.90. The Kier molecular flexibility index (Phi) is 3.11. The molecular weight excluding hydrogens is 229 g/mol. The second-order valence-electron chi connectivity index (χ2n) is 4.71. The Labute approximate surface area is 105 Å². The summed E-state index contributed by atoms with van der Waals surface area (Å²) in [6.07, 6.45) is 2.28. The van der Waals surface area contributed by atoms with Gasteiger partial charge in [0.2, 0.25) is 5.95 Å². The molecule has 1 saturated heterocycles. The molecule has 0 radical (unpaired) electrons. The van der Waals surface area contributed by atoms with Gasteiger partial charge in [-0.05, 0) is 56.3 Å². The number of pyridine rings is 1. The molecule has 1 aliphatic heterocycles. The highest BCUT2D eigenvalue weighted by Gasteiger charge is 2.12. The maximum Gasteiger partial charge on any atom is 0.213 e. The molecule has 0 bridgehead atoms. The van der Waals surface area contributed by atoms with E-state index in [-0.39, 0.29) is 0 Å². The van der Waals surface area contributed by atoms with Crippen LogP contribution in [0.15, 0.2) is 30.3 Å². The van der Waals surface area contributed by atoms with Gasteiger partial charge in [-0.25, -0.2) is 4.98 Å². The molecule has 0 amide bonds. The number of nitrogens with one attached hydrogen (secondary N) is 2. The first kappa shape index (κ1) is 11.4. The summed E-state index contributed by atoms with van der Waals surface area (Å²) in [5, 5.41) is 7.84. The third kappa shape index (κ3) is 2.43. The van der Waals surface area contributed by atoms with Crippen LogP contribution in [0.3, 0.4) is 0 Å². The summed E-state index contributed by atoms with van der Waals surface area (Å²) in [7, 11) is 0. The van der Waals surface area contributed by atoms with Crippen molar-refractivity contribution in [2.75, 3.05) is 18.4 Å². The Morgan fingerprint density at radius 3 is 2.83 bits per heavy atom. The van der Waals surface area contributed by atoms with Crippen molar-refractivity contribution >= 4 is 16.6 Å². The minimum Gasteiger partial charge on any atom is -0.382 e. The van der Waals surface area contributed by atoms with Crippen molar-refractivity contribution in [2.24, 2.45) is 0 Å². The summed E-state index contributed by atoms with van der Waals surface area (Å²) in [4.78, 5) is 3.86. The van der Waals surface area contributed by atoms with Crippen molar-refractivity contribution in [3.05, 3.63) is 36.3 Å². The summed E-state index contributed by atoms with van der Waals surface area (Å²) in [5.74, 6) is -0.429. The maximum atomic E-state index is 13.0. The number of halogens is 1. The Balaban J connectivity index is 1.82. The van der Waals surface area contributed by atoms with Gasteiger partial charge in [0.1, 0.15) is 0 Å². The third-order valence-corrected chi connectivity index (χ3v) is 3.37. The second-order valence-corrected chi connectivity index (χ2v) is 4.71. The van der Waals surface area contributed by atoms with Crippen LogP contribution in [0.1, 0.15) is 12.8 Å². The largest absolute Gasteiger partial charge is 0.382 e. The molecule has 1 aromatic carbocycles. The fourth-order valence-electron chi connectivity index (χ4n) is 2.39. The molecule has 1 fully saturated rings. The predicted octanol–water partition coefficient (Wildman–Crippen LogP) is 2.54. The predicted molar refractivity (Wildman–Crippen MR) is 71.2 cm³/mol. The smallest absolute Gasteiger partial charge is 0.213 e. The van der Waals surface area contributed by atoms with Crippen LogP contribution in [-0.4, -0.2) is 24.1 Å². The van der Waals surface area contributed by atoms with Crippen LogP contribution in [0.2, 0.25) is 0 Å². The lowest BCUT2D eigenvalue weighted by atomic mass is 10.1. The summed E-state index contributed by atoms with van der Waals surface area (Å²) in [6, 6.07) is 9.56. The van der Waals surface area contributed by atoms with E-state index in [9.17, 15) is 4.39 Å². The van der Waals surface area contributed by atoms with Crippen molar-refractivity contribution < 1.29 is 4.39 Å². The molecule has 2 aromatic rings. The minimum absolute atomic E-state index is 0.429. The van der Waals surface area contributed by atoms with Gasteiger partial charge in [0, 0.05) is 17.1 Å². The molecule has 1 aromatic heterocycles. The number of hydrogen-bond donors (Lipinski definition) is 2. The lowest BCUT2D eigenvalue weighted by Gasteiger charge is -2.24. The molecule has 0 saturated carbocycles. The number of anilines is 1. The Bertz CT molecular complexity index is 550. The molecule has 0 spiro atoms. The van der Waals surface area contributed by atoms with Crippen LogP contribution in [0, 0.1) is 5.95 Å². The summed E-state index contributed by atoms with van der Waals surface area (Å²) < 4.78 is 13.0. The quantitative estimate of drug-likeness (QED) is 0.798. The van der Waals surface area contributed by atoms with Crippen LogP contribution in [0.25, 0.3) is 10.9 Å². The number of benzene rings is 1. The summed E-state index contributed by atoms with van der Waals surface area (Å²) >= 11 is 0. The van der Waals surface area contributed by atoms with E-state index in [1.165, 1.54) is 6.07 Å².